The van der Waals surface area contributed by atoms with Crippen LogP contribution in [0.2, 0.25) is 0 Å². The summed E-state index contributed by atoms with van der Waals surface area (Å²) in [7, 11) is 1.85. The first-order chi connectivity index (χ1) is 9.85. The van der Waals surface area contributed by atoms with E-state index in [0.717, 1.165) is 50.2 Å². The first-order valence-electron chi connectivity index (χ1n) is 7.28. The monoisotopic (exact) mass is 295 g/mol. The second-order valence-corrected chi connectivity index (χ2v) is 6.38. The van der Waals surface area contributed by atoms with E-state index in [2.05, 4.69) is 25.2 Å². The maximum atomic E-state index is 5.40. The lowest BCUT2D eigenvalue weighted by atomic mass is 10.2. The van der Waals surface area contributed by atoms with Crippen molar-refractivity contribution in [2.24, 2.45) is 0 Å². The summed E-state index contributed by atoms with van der Waals surface area (Å²) in [6.07, 6.45) is 4.60. The lowest BCUT2D eigenvalue weighted by Crippen LogP contribution is -2.22. The molecule has 2 aliphatic heterocycles. The summed E-state index contributed by atoms with van der Waals surface area (Å²) < 4.78 is 5.40. The molecule has 1 N–H and O–H groups in total. The Morgan fingerprint density at radius 2 is 1.90 bits per heavy atom. The molecule has 20 heavy (non-hydrogen) atoms. The van der Waals surface area contributed by atoms with Crippen LogP contribution in [0.3, 0.4) is 0 Å². The van der Waals surface area contributed by atoms with E-state index in [1.54, 1.807) is 11.8 Å². The second-order valence-electron chi connectivity index (χ2n) is 5.12. The molecule has 0 atom stereocenters. The maximum absolute atomic E-state index is 5.40. The van der Waals surface area contributed by atoms with Gasteiger partial charge in [0.15, 0.2) is 5.16 Å². The van der Waals surface area contributed by atoms with E-state index in [1.807, 2.05) is 7.05 Å². The standard InChI is InChI=1S/C13H21N5OS/c1-14-11-15-12(18-6-2-3-7-18)17-13(16-11)20-10-4-8-19-9-5-10/h10H,2-9H2,1H3,(H,14,15,16,17). The third-order valence-corrected chi connectivity index (χ3v) is 4.85. The SMILES string of the molecule is CNc1nc(SC2CCOCC2)nc(N2CCCC2)n1. The van der Waals surface area contributed by atoms with Crippen LogP contribution in [-0.4, -0.2) is 53.6 Å². The van der Waals surface area contributed by atoms with Crippen molar-refractivity contribution in [2.45, 2.75) is 36.1 Å². The van der Waals surface area contributed by atoms with Crippen molar-refractivity contribution in [3.05, 3.63) is 0 Å². The topological polar surface area (TPSA) is 63.2 Å². The van der Waals surface area contributed by atoms with Crippen LogP contribution in [-0.2, 0) is 4.74 Å². The highest BCUT2D eigenvalue weighted by molar-refractivity contribution is 7.99. The fourth-order valence-corrected chi connectivity index (χ4v) is 3.51. The average Bonchev–Trinajstić information content (AvgIpc) is 3.02. The number of hydrogen-bond acceptors (Lipinski definition) is 7. The third-order valence-electron chi connectivity index (χ3n) is 3.66. The van der Waals surface area contributed by atoms with Gasteiger partial charge in [0.2, 0.25) is 11.9 Å². The van der Waals surface area contributed by atoms with Crippen LogP contribution in [0.4, 0.5) is 11.9 Å². The van der Waals surface area contributed by atoms with E-state index in [0.29, 0.717) is 11.2 Å². The Balaban J connectivity index is 1.76. The lowest BCUT2D eigenvalue weighted by Gasteiger charge is -2.21. The van der Waals surface area contributed by atoms with Crippen LogP contribution in [0, 0.1) is 0 Å². The van der Waals surface area contributed by atoms with Gasteiger partial charge in [-0.15, -0.1) is 0 Å². The molecule has 2 aliphatic rings. The zero-order chi connectivity index (χ0) is 13.8. The van der Waals surface area contributed by atoms with Gasteiger partial charge in [-0.25, -0.2) is 0 Å². The molecule has 6 nitrogen and oxygen atoms in total. The zero-order valence-corrected chi connectivity index (χ0v) is 12.7. The molecule has 110 valence electrons. The first-order valence-corrected chi connectivity index (χ1v) is 8.16. The molecule has 1 aromatic rings. The van der Waals surface area contributed by atoms with Crippen LogP contribution in [0.1, 0.15) is 25.7 Å². The minimum absolute atomic E-state index is 0.558. The van der Waals surface area contributed by atoms with Gasteiger partial charge in [0, 0.05) is 38.6 Å². The molecule has 3 rings (SSSR count). The number of thioether (sulfide) groups is 1. The van der Waals surface area contributed by atoms with Crippen LogP contribution >= 0.6 is 11.8 Å². The molecule has 0 saturated carbocycles. The normalized spacial score (nSPS) is 20.4. The summed E-state index contributed by atoms with van der Waals surface area (Å²) in [4.78, 5) is 15.9. The number of ether oxygens (including phenoxy) is 1. The van der Waals surface area contributed by atoms with Gasteiger partial charge in [-0.3, -0.25) is 0 Å². The first kappa shape index (κ1) is 13.9. The highest BCUT2D eigenvalue weighted by Gasteiger charge is 2.20. The van der Waals surface area contributed by atoms with Crippen LogP contribution < -0.4 is 10.2 Å². The van der Waals surface area contributed by atoms with E-state index in [-0.39, 0.29) is 0 Å². The van der Waals surface area contributed by atoms with Gasteiger partial charge >= 0.3 is 0 Å². The largest absolute Gasteiger partial charge is 0.381 e. The molecule has 0 aliphatic carbocycles. The maximum Gasteiger partial charge on any atom is 0.231 e. The lowest BCUT2D eigenvalue weighted by molar-refractivity contribution is 0.1000. The Kier molecular flexibility index (Phi) is 4.57. The highest BCUT2D eigenvalue weighted by atomic mass is 32.2. The average molecular weight is 295 g/mol. The summed E-state index contributed by atoms with van der Waals surface area (Å²) in [5.74, 6) is 1.48. The smallest absolute Gasteiger partial charge is 0.231 e. The molecule has 0 amide bonds. The molecule has 1 aromatic heterocycles. The second kappa shape index (κ2) is 6.58. The highest BCUT2D eigenvalue weighted by Crippen LogP contribution is 2.29. The number of rotatable bonds is 4. The molecule has 2 saturated heterocycles. The zero-order valence-electron chi connectivity index (χ0n) is 11.8. The number of aromatic nitrogens is 3. The van der Waals surface area contributed by atoms with Crippen molar-refractivity contribution in [1.82, 2.24) is 15.0 Å². The van der Waals surface area contributed by atoms with Crippen LogP contribution in [0.15, 0.2) is 5.16 Å². The van der Waals surface area contributed by atoms with Gasteiger partial charge in [0.05, 0.1) is 0 Å². The molecule has 0 aromatic carbocycles. The Morgan fingerprint density at radius 3 is 2.60 bits per heavy atom. The molecule has 3 heterocycles. The Labute approximate surface area is 123 Å². The summed E-state index contributed by atoms with van der Waals surface area (Å²) >= 11 is 1.76. The summed E-state index contributed by atoms with van der Waals surface area (Å²) in [6, 6.07) is 0. The van der Waals surface area contributed by atoms with Gasteiger partial charge in [-0.1, -0.05) is 11.8 Å². The summed E-state index contributed by atoms with van der Waals surface area (Å²) in [5, 5.41) is 4.43. The predicted octanol–water partition coefficient (Wildman–Crippen LogP) is 1.78. The van der Waals surface area contributed by atoms with E-state index in [9.17, 15) is 0 Å². The summed E-state index contributed by atoms with van der Waals surface area (Å²) in [6.45, 7) is 3.80. The Bertz CT molecular complexity index is 446. The van der Waals surface area contributed by atoms with Crippen molar-refractivity contribution in [2.75, 3.05) is 43.6 Å². The van der Waals surface area contributed by atoms with E-state index >= 15 is 0 Å². The molecule has 0 radical (unpaired) electrons. The van der Waals surface area contributed by atoms with Gasteiger partial charge < -0.3 is 15.0 Å². The van der Waals surface area contributed by atoms with Crippen LogP contribution in [0.5, 0.6) is 0 Å². The number of nitrogens with zero attached hydrogens (tertiary/aromatic N) is 4. The molecule has 2 fully saturated rings. The Hall–Kier alpha value is -1.08. The van der Waals surface area contributed by atoms with Crippen molar-refractivity contribution in [3.8, 4) is 0 Å². The number of nitrogens with one attached hydrogen (secondary N) is 1. The minimum atomic E-state index is 0.558. The van der Waals surface area contributed by atoms with E-state index in [4.69, 9.17) is 4.74 Å². The molecule has 0 spiro atoms. The molecule has 7 heteroatoms. The van der Waals surface area contributed by atoms with Crippen molar-refractivity contribution in [3.63, 3.8) is 0 Å². The fraction of sp³-hybridized carbons (Fsp3) is 0.769. The minimum Gasteiger partial charge on any atom is -0.381 e. The van der Waals surface area contributed by atoms with Gasteiger partial charge in [0.1, 0.15) is 0 Å². The van der Waals surface area contributed by atoms with Crippen molar-refractivity contribution < 1.29 is 4.74 Å². The van der Waals surface area contributed by atoms with Crippen LogP contribution in [0.25, 0.3) is 0 Å². The quantitative estimate of drug-likeness (QED) is 0.908. The fourth-order valence-electron chi connectivity index (χ4n) is 2.51. The number of hydrogen-bond donors (Lipinski definition) is 1. The molecule has 0 unspecified atom stereocenters. The van der Waals surface area contributed by atoms with Gasteiger partial charge in [0.25, 0.3) is 0 Å². The summed E-state index contributed by atoms with van der Waals surface area (Å²) in [5.41, 5.74) is 0. The van der Waals surface area contributed by atoms with Gasteiger partial charge in [-0.2, -0.15) is 15.0 Å². The van der Waals surface area contributed by atoms with Crippen molar-refractivity contribution in [1.29, 1.82) is 0 Å². The molecule has 0 bridgehead atoms. The molecular weight excluding hydrogens is 274 g/mol. The van der Waals surface area contributed by atoms with Crippen molar-refractivity contribution >= 4 is 23.7 Å². The van der Waals surface area contributed by atoms with Gasteiger partial charge in [-0.05, 0) is 25.7 Å². The van der Waals surface area contributed by atoms with E-state index < -0.39 is 0 Å². The van der Waals surface area contributed by atoms with E-state index in [1.165, 1.54) is 12.8 Å². The molecular formula is C13H21N5OS. The third kappa shape index (κ3) is 3.32. The predicted molar refractivity (Wildman–Crippen MR) is 80.5 cm³/mol. The number of anilines is 2. The Morgan fingerprint density at radius 1 is 1.15 bits per heavy atom.